The summed E-state index contributed by atoms with van der Waals surface area (Å²) in [5.74, 6) is 1.43. The molecule has 1 aliphatic heterocycles. The molecule has 0 radical (unpaired) electrons. The summed E-state index contributed by atoms with van der Waals surface area (Å²) in [6.07, 6.45) is 6.52. The molecule has 1 atom stereocenters. The Labute approximate surface area is 125 Å². The summed E-state index contributed by atoms with van der Waals surface area (Å²) >= 11 is 0. The van der Waals surface area contributed by atoms with E-state index in [4.69, 9.17) is 4.52 Å². The van der Waals surface area contributed by atoms with Crippen LogP contribution in [0, 0.1) is 6.92 Å². The number of rotatable bonds is 5. The first-order valence-electron chi connectivity index (χ1n) is 7.54. The van der Waals surface area contributed by atoms with Gasteiger partial charge in [-0.25, -0.2) is 0 Å². The number of aryl methyl sites for hydroxylation is 1. The Hall–Kier alpha value is -1.66. The first kappa shape index (κ1) is 14.3. The molecule has 114 valence electrons. The highest BCUT2D eigenvalue weighted by atomic mass is 16.5. The van der Waals surface area contributed by atoms with Crippen LogP contribution in [0.3, 0.4) is 0 Å². The average Bonchev–Trinajstić information content (AvgIpc) is 3.11. The van der Waals surface area contributed by atoms with E-state index in [1.165, 1.54) is 18.4 Å². The number of likely N-dealkylation sites (N-methyl/N-ethyl adjacent to an activating group) is 1. The van der Waals surface area contributed by atoms with Crippen molar-refractivity contribution in [2.24, 2.45) is 0 Å². The van der Waals surface area contributed by atoms with Gasteiger partial charge in [-0.3, -0.25) is 9.80 Å². The van der Waals surface area contributed by atoms with Gasteiger partial charge in [-0.1, -0.05) is 5.16 Å². The maximum Gasteiger partial charge on any atom is 0.223 e. The van der Waals surface area contributed by atoms with Gasteiger partial charge in [-0.15, -0.1) is 0 Å². The van der Waals surface area contributed by atoms with E-state index >= 15 is 0 Å². The monoisotopic (exact) mass is 289 g/mol. The molecule has 1 N–H and O–H groups in total. The topological polar surface area (TPSA) is 61.2 Å². The molecule has 0 saturated carbocycles. The largest absolute Gasteiger partial charge is 0.367 e. The lowest BCUT2D eigenvalue weighted by Gasteiger charge is -2.37. The zero-order valence-electron chi connectivity index (χ0n) is 12.7. The van der Waals surface area contributed by atoms with Crippen molar-refractivity contribution in [3.8, 4) is 0 Å². The number of aromatic amines is 1. The molecule has 21 heavy (non-hydrogen) atoms. The lowest BCUT2D eigenvalue weighted by molar-refractivity contribution is 0.105. The predicted molar refractivity (Wildman–Crippen MR) is 79.6 cm³/mol. The van der Waals surface area contributed by atoms with Gasteiger partial charge in [0.1, 0.15) is 0 Å². The van der Waals surface area contributed by atoms with Crippen molar-refractivity contribution in [3.05, 3.63) is 35.7 Å². The first-order valence-corrected chi connectivity index (χ1v) is 7.54. The van der Waals surface area contributed by atoms with Crippen LogP contribution in [0.2, 0.25) is 0 Å². The maximum atomic E-state index is 5.05. The summed E-state index contributed by atoms with van der Waals surface area (Å²) in [4.78, 5) is 12.3. The van der Waals surface area contributed by atoms with Crippen molar-refractivity contribution in [2.45, 2.75) is 38.9 Å². The number of nitrogens with one attached hydrogen (secondary N) is 1. The van der Waals surface area contributed by atoms with Crippen molar-refractivity contribution in [3.63, 3.8) is 0 Å². The molecule has 0 bridgehead atoms. The Bertz CT molecular complexity index is 550. The fourth-order valence-electron chi connectivity index (χ4n) is 3.01. The van der Waals surface area contributed by atoms with Gasteiger partial charge in [0.25, 0.3) is 0 Å². The minimum absolute atomic E-state index is 0.585. The molecule has 3 rings (SSSR count). The van der Waals surface area contributed by atoms with Crippen LogP contribution in [0.25, 0.3) is 0 Å². The van der Waals surface area contributed by atoms with Gasteiger partial charge in [0.05, 0.1) is 6.54 Å². The summed E-state index contributed by atoms with van der Waals surface area (Å²) in [5.41, 5.74) is 1.34. The number of H-pyrrole nitrogens is 1. The Morgan fingerprint density at radius 1 is 1.52 bits per heavy atom. The SMILES string of the molecule is Cc1nc(CN2CCCC(N(C)Cc3cc[nH]c3)C2)no1. The minimum atomic E-state index is 0.585. The summed E-state index contributed by atoms with van der Waals surface area (Å²) in [5, 5.41) is 4.00. The van der Waals surface area contributed by atoms with E-state index in [9.17, 15) is 0 Å². The second kappa shape index (κ2) is 6.41. The zero-order chi connectivity index (χ0) is 14.7. The van der Waals surface area contributed by atoms with Gasteiger partial charge in [0, 0.05) is 38.4 Å². The van der Waals surface area contributed by atoms with Crippen LogP contribution in [0.5, 0.6) is 0 Å². The second-order valence-corrected chi connectivity index (χ2v) is 5.90. The maximum absolute atomic E-state index is 5.05. The van der Waals surface area contributed by atoms with E-state index in [-0.39, 0.29) is 0 Å². The molecule has 1 fully saturated rings. The fraction of sp³-hybridized carbons (Fsp3) is 0.600. The lowest BCUT2D eigenvalue weighted by Crippen LogP contribution is -2.45. The van der Waals surface area contributed by atoms with E-state index in [2.05, 4.69) is 44.2 Å². The lowest BCUT2D eigenvalue weighted by atomic mass is 10.0. The molecule has 2 aromatic rings. The molecule has 0 aromatic carbocycles. The number of likely N-dealkylation sites (tertiary alicyclic amines) is 1. The third-order valence-electron chi connectivity index (χ3n) is 4.13. The summed E-state index contributed by atoms with van der Waals surface area (Å²) in [6.45, 7) is 5.78. The smallest absolute Gasteiger partial charge is 0.223 e. The summed E-state index contributed by atoms with van der Waals surface area (Å²) in [7, 11) is 2.21. The highest BCUT2D eigenvalue weighted by Gasteiger charge is 2.24. The van der Waals surface area contributed by atoms with Crippen molar-refractivity contribution in [2.75, 3.05) is 20.1 Å². The van der Waals surface area contributed by atoms with E-state index in [1.807, 2.05) is 13.1 Å². The number of hydrogen-bond donors (Lipinski definition) is 1. The second-order valence-electron chi connectivity index (χ2n) is 5.90. The molecule has 6 heteroatoms. The summed E-state index contributed by atoms with van der Waals surface area (Å²) in [6, 6.07) is 2.72. The number of hydrogen-bond acceptors (Lipinski definition) is 5. The van der Waals surface area contributed by atoms with Crippen LogP contribution >= 0.6 is 0 Å². The number of piperidine rings is 1. The minimum Gasteiger partial charge on any atom is -0.367 e. The van der Waals surface area contributed by atoms with Gasteiger partial charge >= 0.3 is 0 Å². The molecule has 3 heterocycles. The van der Waals surface area contributed by atoms with Gasteiger partial charge in [-0.05, 0) is 38.1 Å². The first-order chi connectivity index (χ1) is 10.2. The Balaban J connectivity index is 1.55. The third-order valence-corrected chi connectivity index (χ3v) is 4.13. The Morgan fingerprint density at radius 3 is 3.14 bits per heavy atom. The molecule has 0 spiro atoms. The molecule has 0 amide bonds. The number of aromatic nitrogens is 3. The van der Waals surface area contributed by atoms with Gasteiger partial charge in [0.2, 0.25) is 5.89 Å². The van der Waals surface area contributed by atoms with Crippen molar-refractivity contribution >= 4 is 0 Å². The highest BCUT2D eigenvalue weighted by molar-refractivity contribution is 5.08. The van der Waals surface area contributed by atoms with Gasteiger partial charge < -0.3 is 9.51 Å². The molecule has 1 aliphatic rings. The quantitative estimate of drug-likeness (QED) is 0.909. The molecule has 1 saturated heterocycles. The van der Waals surface area contributed by atoms with Crippen LogP contribution in [-0.2, 0) is 13.1 Å². The van der Waals surface area contributed by atoms with Crippen LogP contribution in [0.15, 0.2) is 23.0 Å². The van der Waals surface area contributed by atoms with Crippen LogP contribution in [-0.4, -0.2) is 51.1 Å². The van der Waals surface area contributed by atoms with E-state index in [0.717, 1.165) is 32.0 Å². The van der Waals surface area contributed by atoms with Crippen molar-refractivity contribution < 1.29 is 4.52 Å². The van der Waals surface area contributed by atoms with Crippen molar-refractivity contribution in [1.82, 2.24) is 24.9 Å². The average molecular weight is 289 g/mol. The zero-order valence-corrected chi connectivity index (χ0v) is 12.7. The Morgan fingerprint density at radius 2 is 2.43 bits per heavy atom. The molecule has 1 unspecified atom stereocenters. The Kier molecular flexibility index (Phi) is 4.36. The van der Waals surface area contributed by atoms with E-state index < -0.39 is 0 Å². The van der Waals surface area contributed by atoms with E-state index in [1.54, 1.807) is 0 Å². The van der Waals surface area contributed by atoms with Crippen molar-refractivity contribution in [1.29, 1.82) is 0 Å². The standard InChI is InChI=1S/C15H23N5O/c1-12-17-15(18-21-12)11-20-7-3-4-14(10-20)19(2)9-13-5-6-16-8-13/h5-6,8,14,16H,3-4,7,9-11H2,1-2H3. The van der Waals surface area contributed by atoms with Gasteiger partial charge in [0.15, 0.2) is 5.82 Å². The molecular weight excluding hydrogens is 266 g/mol. The van der Waals surface area contributed by atoms with Gasteiger partial charge in [-0.2, -0.15) is 4.98 Å². The van der Waals surface area contributed by atoms with Crippen LogP contribution in [0.1, 0.15) is 30.1 Å². The highest BCUT2D eigenvalue weighted by Crippen LogP contribution is 2.18. The third kappa shape index (κ3) is 3.71. The predicted octanol–water partition coefficient (Wildman–Crippen LogP) is 1.80. The number of nitrogens with zero attached hydrogens (tertiary/aromatic N) is 4. The molecule has 6 nitrogen and oxygen atoms in total. The normalized spacial score (nSPS) is 20.2. The van der Waals surface area contributed by atoms with Crippen LogP contribution < -0.4 is 0 Å². The van der Waals surface area contributed by atoms with E-state index in [0.29, 0.717) is 11.9 Å². The fourth-order valence-corrected chi connectivity index (χ4v) is 3.01. The summed E-state index contributed by atoms with van der Waals surface area (Å²) < 4.78 is 5.05. The molecule has 0 aliphatic carbocycles. The molecular formula is C15H23N5O. The molecule has 2 aromatic heterocycles. The van der Waals surface area contributed by atoms with Crippen LogP contribution in [0.4, 0.5) is 0 Å².